The lowest BCUT2D eigenvalue weighted by Crippen LogP contribution is -2.33. The fourth-order valence-corrected chi connectivity index (χ4v) is 2.07. The van der Waals surface area contributed by atoms with Crippen molar-refractivity contribution in [1.29, 1.82) is 0 Å². The second-order valence-electron chi connectivity index (χ2n) is 4.07. The number of hydrogen-bond donors (Lipinski definition) is 2. The Bertz CT molecular complexity index is 391. The number of benzene rings is 1. The van der Waals surface area contributed by atoms with E-state index in [0.717, 1.165) is 37.9 Å². The van der Waals surface area contributed by atoms with Gasteiger partial charge >= 0.3 is 0 Å². The fraction of sp³-hybridized carbons (Fsp3) is 0.462. The summed E-state index contributed by atoms with van der Waals surface area (Å²) in [6, 6.07) is 5.53. The molecule has 0 spiro atoms. The van der Waals surface area contributed by atoms with Gasteiger partial charge in [0.2, 0.25) is 0 Å². The van der Waals surface area contributed by atoms with Crippen LogP contribution in [0.2, 0.25) is 10.0 Å². The van der Waals surface area contributed by atoms with Gasteiger partial charge in [-0.05, 0) is 36.6 Å². The molecule has 1 rings (SSSR count). The van der Waals surface area contributed by atoms with Crippen LogP contribution in [-0.2, 0) is 6.42 Å². The highest BCUT2D eigenvalue weighted by atomic mass is 127. The van der Waals surface area contributed by atoms with E-state index in [1.54, 1.807) is 6.07 Å². The molecule has 0 fully saturated rings. The minimum atomic E-state index is 0. The number of rotatable bonds is 6. The first-order valence-electron chi connectivity index (χ1n) is 6.10. The van der Waals surface area contributed by atoms with Crippen LogP contribution in [0.25, 0.3) is 0 Å². The van der Waals surface area contributed by atoms with Gasteiger partial charge in [0.05, 0.1) is 0 Å². The molecule has 0 aliphatic rings. The van der Waals surface area contributed by atoms with Crippen molar-refractivity contribution in [2.45, 2.75) is 26.2 Å². The third-order valence-electron chi connectivity index (χ3n) is 2.44. The van der Waals surface area contributed by atoms with Crippen LogP contribution in [0.3, 0.4) is 0 Å². The van der Waals surface area contributed by atoms with Gasteiger partial charge in [-0.15, -0.1) is 24.0 Å². The van der Waals surface area contributed by atoms with Crippen molar-refractivity contribution >= 4 is 53.1 Å². The summed E-state index contributed by atoms with van der Waals surface area (Å²) < 4.78 is 0. The van der Waals surface area contributed by atoms with E-state index < -0.39 is 0 Å². The third-order valence-corrected chi connectivity index (χ3v) is 2.87. The number of nitrogens with one attached hydrogen (secondary N) is 1. The second-order valence-corrected chi connectivity index (χ2v) is 4.95. The molecule has 1 aromatic carbocycles. The highest BCUT2D eigenvalue weighted by Gasteiger charge is 1.99. The Labute approximate surface area is 142 Å². The van der Waals surface area contributed by atoms with Crippen molar-refractivity contribution in [3.63, 3.8) is 0 Å². The summed E-state index contributed by atoms with van der Waals surface area (Å²) in [6.45, 7) is 3.62. The quantitative estimate of drug-likeness (QED) is 0.321. The van der Waals surface area contributed by atoms with E-state index in [1.165, 1.54) is 0 Å². The van der Waals surface area contributed by atoms with Crippen molar-refractivity contribution in [3.8, 4) is 0 Å². The van der Waals surface area contributed by atoms with Crippen LogP contribution < -0.4 is 11.1 Å². The lowest BCUT2D eigenvalue weighted by Gasteiger charge is -2.06. The average Bonchev–Trinajstić information content (AvgIpc) is 2.28. The van der Waals surface area contributed by atoms with Gasteiger partial charge in [0.25, 0.3) is 0 Å². The summed E-state index contributed by atoms with van der Waals surface area (Å²) in [6.07, 6.45) is 2.99. The van der Waals surface area contributed by atoms with Crippen LogP contribution in [0.5, 0.6) is 0 Å². The molecule has 3 N–H and O–H groups in total. The Balaban J connectivity index is 0.00000324. The second kappa shape index (κ2) is 10.6. The van der Waals surface area contributed by atoms with Gasteiger partial charge in [0.15, 0.2) is 5.96 Å². The standard InChI is InChI=1S/C13H19Cl2N3.HI/c1-2-3-5-17-13(16)18-6-4-10-7-11(14)9-12(15)8-10;/h7-9H,2-6H2,1H3,(H3,16,17,18);1H. The van der Waals surface area contributed by atoms with E-state index in [2.05, 4.69) is 17.2 Å². The van der Waals surface area contributed by atoms with Gasteiger partial charge in [-0.2, -0.15) is 0 Å². The van der Waals surface area contributed by atoms with E-state index in [0.29, 0.717) is 16.0 Å². The Morgan fingerprint density at radius 1 is 1.26 bits per heavy atom. The maximum absolute atomic E-state index is 5.92. The number of nitrogens with zero attached hydrogens (tertiary/aromatic N) is 1. The minimum absolute atomic E-state index is 0. The van der Waals surface area contributed by atoms with Crippen molar-refractivity contribution < 1.29 is 0 Å². The molecule has 0 radical (unpaired) electrons. The number of unbranched alkanes of at least 4 members (excludes halogenated alkanes) is 1. The van der Waals surface area contributed by atoms with Gasteiger partial charge < -0.3 is 11.1 Å². The zero-order chi connectivity index (χ0) is 13.4. The molecular formula is C13H20Cl2IN3. The van der Waals surface area contributed by atoms with E-state index in [1.807, 2.05) is 12.1 Å². The van der Waals surface area contributed by atoms with Gasteiger partial charge in [-0.1, -0.05) is 36.5 Å². The molecule has 3 nitrogen and oxygen atoms in total. The number of guanidine groups is 1. The summed E-state index contributed by atoms with van der Waals surface area (Å²) in [5.41, 5.74) is 6.81. The lowest BCUT2D eigenvalue weighted by molar-refractivity contribution is 0.791. The highest BCUT2D eigenvalue weighted by molar-refractivity contribution is 14.0. The molecule has 0 bridgehead atoms. The Hall–Kier alpha value is -0.200. The molecular weight excluding hydrogens is 396 g/mol. The Kier molecular flexibility index (Phi) is 10.5. The summed E-state index contributed by atoms with van der Waals surface area (Å²) in [4.78, 5) is 4.21. The smallest absolute Gasteiger partial charge is 0.188 e. The molecule has 0 atom stereocenters. The number of aliphatic imine (C=N–C) groups is 1. The molecule has 6 heteroatoms. The topological polar surface area (TPSA) is 50.4 Å². The number of nitrogens with two attached hydrogens (primary N) is 1. The van der Waals surface area contributed by atoms with Crippen molar-refractivity contribution in [1.82, 2.24) is 5.32 Å². The molecule has 0 amide bonds. The average molecular weight is 416 g/mol. The predicted molar refractivity (Wildman–Crippen MR) is 95.0 cm³/mol. The molecule has 0 unspecified atom stereocenters. The number of halogens is 3. The third kappa shape index (κ3) is 8.55. The SMILES string of the molecule is CCCCN=C(N)NCCc1cc(Cl)cc(Cl)c1.I. The first kappa shape index (κ1) is 18.8. The molecule has 0 heterocycles. The number of hydrogen-bond acceptors (Lipinski definition) is 1. The monoisotopic (exact) mass is 415 g/mol. The molecule has 0 saturated heterocycles. The van der Waals surface area contributed by atoms with Crippen molar-refractivity contribution in [3.05, 3.63) is 33.8 Å². The highest BCUT2D eigenvalue weighted by Crippen LogP contribution is 2.19. The Morgan fingerprint density at radius 3 is 2.47 bits per heavy atom. The summed E-state index contributed by atoms with van der Waals surface area (Å²) in [5.74, 6) is 0.497. The largest absolute Gasteiger partial charge is 0.370 e. The molecule has 0 saturated carbocycles. The molecule has 19 heavy (non-hydrogen) atoms. The van der Waals surface area contributed by atoms with Gasteiger partial charge in [0.1, 0.15) is 0 Å². The van der Waals surface area contributed by atoms with Crippen LogP contribution in [0.1, 0.15) is 25.3 Å². The molecule has 0 aliphatic heterocycles. The van der Waals surface area contributed by atoms with Crippen molar-refractivity contribution in [2.24, 2.45) is 10.7 Å². The summed E-state index contributed by atoms with van der Waals surface area (Å²) >= 11 is 11.8. The molecule has 1 aromatic rings. The predicted octanol–water partition coefficient (Wildman–Crippen LogP) is 3.86. The minimum Gasteiger partial charge on any atom is -0.370 e. The van der Waals surface area contributed by atoms with E-state index in [4.69, 9.17) is 28.9 Å². The lowest BCUT2D eigenvalue weighted by atomic mass is 10.1. The normalized spacial score (nSPS) is 11.0. The van der Waals surface area contributed by atoms with Gasteiger partial charge in [0, 0.05) is 23.1 Å². The zero-order valence-corrected chi connectivity index (χ0v) is 14.8. The summed E-state index contributed by atoms with van der Waals surface area (Å²) in [7, 11) is 0. The zero-order valence-electron chi connectivity index (χ0n) is 11.0. The van der Waals surface area contributed by atoms with Crippen LogP contribution in [-0.4, -0.2) is 19.0 Å². The fourth-order valence-electron chi connectivity index (χ4n) is 1.50. The van der Waals surface area contributed by atoms with Crippen LogP contribution in [0, 0.1) is 0 Å². The summed E-state index contributed by atoms with van der Waals surface area (Å²) in [5, 5.41) is 4.38. The molecule has 108 valence electrons. The van der Waals surface area contributed by atoms with Gasteiger partial charge in [-0.25, -0.2) is 0 Å². The Morgan fingerprint density at radius 2 is 1.89 bits per heavy atom. The van der Waals surface area contributed by atoms with Crippen molar-refractivity contribution in [2.75, 3.05) is 13.1 Å². The van der Waals surface area contributed by atoms with E-state index >= 15 is 0 Å². The maximum atomic E-state index is 5.92. The van der Waals surface area contributed by atoms with Crippen LogP contribution in [0.4, 0.5) is 0 Å². The first-order chi connectivity index (χ1) is 8.61. The first-order valence-corrected chi connectivity index (χ1v) is 6.86. The molecule has 0 aromatic heterocycles. The molecule has 0 aliphatic carbocycles. The van der Waals surface area contributed by atoms with E-state index in [-0.39, 0.29) is 24.0 Å². The van der Waals surface area contributed by atoms with Crippen LogP contribution >= 0.6 is 47.2 Å². The van der Waals surface area contributed by atoms with Crippen LogP contribution in [0.15, 0.2) is 23.2 Å². The maximum Gasteiger partial charge on any atom is 0.188 e. The van der Waals surface area contributed by atoms with Gasteiger partial charge in [-0.3, -0.25) is 4.99 Å². The van der Waals surface area contributed by atoms with E-state index in [9.17, 15) is 0 Å².